The van der Waals surface area contributed by atoms with Crippen LogP contribution in [0.1, 0.15) is 12.0 Å². The maximum absolute atomic E-state index is 10.6. The standard InChI is InChI=1S/C17H17N5O2/c1-21(12-2-11-18)16-7-3-14(4-8-16)13-19-20-15-5-9-17(10-6-15)22(23)24/h3-10,13,20H,2,12H2,1H3/b19-13-. The summed E-state index contributed by atoms with van der Waals surface area (Å²) in [6.07, 6.45) is 2.15. The molecule has 0 atom stereocenters. The van der Waals surface area contributed by atoms with Crippen LogP contribution in [-0.4, -0.2) is 24.7 Å². The molecule has 0 aliphatic carbocycles. The summed E-state index contributed by atoms with van der Waals surface area (Å²) in [6.45, 7) is 0.686. The number of non-ortho nitro benzene ring substituents is 1. The van der Waals surface area contributed by atoms with Crippen LogP contribution in [0.2, 0.25) is 0 Å². The molecule has 2 aromatic rings. The third kappa shape index (κ3) is 4.81. The lowest BCUT2D eigenvalue weighted by molar-refractivity contribution is -0.384. The van der Waals surface area contributed by atoms with Crippen LogP contribution in [0.25, 0.3) is 0 Å². The number of rotatable bonds is 7. The molecule has 0 aromatic heterocycles. The van der Waals surface area contributed by atoms with Crippen LogP contribution < -0.4 is 10.3 Å². The van der Waals surface area contributed by atoms with Gasteiger partial charge in [0, 0.05) is 31.4 Å². The number of anilines is 2. The number of nitrogens with zero attached hydrogens (tertiary/aromatic N) is 4. The quantitative estimate of drug-likeness (QED) is 0.479. The van der Waals surface area contributed by atoms with Gasteiger partial charge in [0.1, 0.15) is 0 Å². The Morgan fingerprint density at radius 1 is 1.25 bits per heavy atom. The Morgan fingerprint density at radius 3 is 2.50 bits per heavy atom. The number of nitriles is 1. The first-order valence-electron chi connectivity index (χ1n) is 7.32. The highest BCUT2D eigenvalue weighted by atomic mass is 16.6. The zero-order valence-electron chi connectivity index (χ0n) is 13.2. The Balaban J connectivity index is 1.92. The summed E-state index contributed by atoms with van der Waals surface area (Å²) >= 11 is 0. The SMILES string of the molecule is CN(CCC#N)c1ccc(/C=N\Nc2ccc([N+](=O)[O-])cc2)cc1. The minimum Gasteiger partial charge on any atom is -0.374 e. The zero-order valence-corrected chi connectivity index (χ0v) is 13.2. The second kappa shape index (κ2) is 8.29. The average molecular weight is 323 g/mol. The number of hydrazone groups is 1. The van der Waals surface area contributed by atoms with Gasteiger partial charge in [-0.3, -0.25) is 15.5 Å². The second-order valence-electron chi connectivity index (χ2n) is 5.10. The first-order chi connectivity index (χ1) is 11.6. The fourth-order valence-electron chi connectivity index (χ4n) is 2.00. The van der Waals surface area contributed by atoms with E-state index in [-0.39, 0.29) is 5.69 Å². The van der Waals surface area contributed by atoms with Gasteiger partial charge in [-0.1, -0.05) is 12.1 Å². The minimum absolute atomic E-state index is 0.0423. The lowest BCUT2D eigenvalue weighted by Gasteiger charge is -2.17. The molecule has 0 aliphatic heterocycles. The Hall–Kier alpha value is -3.40. The Morgan fingerprint density at radius 2 is 1.92 bits per heavy atom. The molecule has 2 aromatic carbocycles. The van der Waals surface area contributed by atoms with E-state index < -0.39 is 4.92 Å². The van der Waals surface area contributed by atoms with E-state index in [0.717, 1.165) is 11.3 Å². The highest BCUT2D eigenvalue weighted by Gasteiger charge is 2.03. The molecule has 0 amide bonds. The highest BCUT2D eigenvalue weighted by Crippen LogP contribution is 2.16. The zero-order chi connectivity index (χ0) is 17.4. The van der Waals surface area contributed by atoms with Crippen molar-refractivity contribution in [1.29, 1.82) is 5.26 Å². The highest BCUT2D eigenvalue weighted by molar-refractivity contribution is 5.81. The first-order valence-corrected chi connectivity index (χ1v) is 7.32. The van der Waals surface area contributed by atoms with E-state index in [1.165, 1.54) is 12.1 Å². The van der Waals surface area contributed by atoms with Crippen molar-refractivity contribution < 1.29 is 4.92 Å². The average Bonchev–Trinajstić information content (AvgIpc) is 2.60. The summed E-state index contributed by atoms with van der Waals surface area (Å²) in [5.41, 5.74) is 5.49. The van der Waals surface area contributed by atoms with Crippen LogP contribution in [0.4, 0.5) is 17.1 Å². The van der Waals surface area contributed by atoms with Gasteiger partial charge in [0.05, 0.1) is 29.3 Å². The molecule has 0 radical (unpaired) electrons. The number of hydrogen-bond acceptors (Lipinski definition) is 6. The van der Waals surface area contributed by atoms with E-state index >= 15 is 0 Å². The lowest BCUT2D eigenvalue weighted by Crippen LogP contribution is -2.17. The Kier molecular flexibility index (Phi) is 5.86. The normalized spacial score (nSPS) is 10.3. The molecule has 7 nitrogen and oxygen atoms in total. The predicted molar refractivity (Wildman–Crippen MR) is 94.3 cm³/mol. The molecule has 1 N–H and O–H groups in total. The molecule has 0 aliphatic rings. The van der Waals surface area contributed by atoms with Crippen LogP contribution in [0.3, 0.4) is 0 Å². The van der Waals surface area contributed by atoms with Crippen molar-refractivity contribution in [3.05, 3.63) is 64.2 Å². The van der Waals surface area contributed by atoms with E-state index in [9.17, 15) is 10.1 Å². The number of nitro groups is 1. The summed E-state index contributed by atoms with van der Waals surface area (Å²) in [5.74, 6) is 0. The fraction of sp³-hybridized carbons (Fsp3) is 0.176. The van der Waals surface area contributed by atoms with Gasteiger partial charge in [0.15, 0.2) is 0 Å². The maximum atomic E-state index is 10.6. The number of benzene rings is 2. The van der Waals surface area contributed by atoms with Crippen molar-refractivity contribution in [3.8, 4) is 6.07 Å². The van der Waals surface area contributed by atoms with Gasteiger partial charge in [0.2, 0.25) is 0 Å². The smallest absolute Gasteiger partial charge is 0.269 e. The topological polar surface area (TPSA) is 94.6 Å². The monoisotopic (exact) mass is 323 g/mol. The van der Waals surface area contributed by atoms with Gasteiger partial charge in [0.25, 0.3) is 5.69 Å². The molecule has 0 unspecified atom stereocenters. The largest absolute Gasteiger partial charge is 0.374 e. The summed E-state index contributed by atoms with van der Waals surface area (Å²) in [6, 6.07) is 16.0. The van der Waals surface area contributed by atoms with Gasteiger partial charge in [-0.2, -0.15) is 10.4 Å². The van der Waals surface area contributed by atoms with E-state index in [2.05, 4.69) is 16.6 Å². The molecule has 0 heterocycles. The predicted octanol–water partition coefficient (Wildman–Crippen LogP) is 3.39. The van der Waals surface area contributed by atoms with Gasteiger partial charge < -0.3 is 4.90 Å². The molecule has 0 saturated carbocycles. The Labute approximate surface area is 140 Å². The van der Waals surface area contributed by atoms with Crippen molar-refractivity contribution in [2.45, 2.75) is 6.42 Å². The van der Waals surface area contributed by atoms with Crippen molar-refractivity contribution >= 4 is 23.3 Å². The molecule has 2 rings (SSSR count). The van der Waals surface area contributed by atoms with Gasteiger partial charge in [-0.05, 0) is 29.8 Å². The molecule has 0 bridgehead atoms. The summed E-state index contributed by atoms with van der Waals surface area (Å²) in [5, 5.41) is 23.3. The van der Waals surface area contributed by atoms with Crippen LogP contribution in [0.15, 0.2) is 53.6 Å². The third-order valence-electron chi connectivity index (χ3n) is 3.38. The lowest BCUT2D eigenvalue weighted by atomic mass is 10.2. The molecular formula is C17H17N5O2. The minimum atomic E-state index is -0.442. The summed E-state index contributed by atoms with van der Waals surface area (Å²) in [4.78, 5) is 12.2. The van der Waals surface area contributed by atoms with Gasteiger partial charge in [-0.25, -0.2) is 0 Å². The molecular weight excluding hydrogens is 306 g/mol. The first kappa shape index (κ1) is 17.0. The molecule has 0 fully saturated rings. The van der Waals surface area contributed by atoms with Crippen LogP contribution in [0.5, 0.6) is 0 Å². The van der Waals surface area contributed by atoms with Crippen LogP contribution in [0, 0.1) is 21.4 Å². The van der Waals surface area contributed by atoms with E-state index in [0.29, 0.717) is 18.7 Å². The summed E-state index contributed by atoms with van der Waals surface area (Å²) < 4.78 is 0. The van der Waals surface area contributed by atoms with Gasteiger partial charge >= 0.3 is 0 Å². The van der Waals surface area contributed by atoms with Crippen LogP contribution in [-0.2, 0) is 0 Å². The Bertz CT molecular complexity index is 748. The molecule has 24 heavy (non-hydrogen) atoms. The molecule has 122 valence electrons. The van der Waals surface area contributed by atoms with E-state index in [1.54, 1.807) is 18.3 Å². The maximum Gasteiger partial charge on any atom is 0.269 e. The van der Waals surface area contributed by atoms with Crippen LogP contribution >= 0.6 is 0 Å². The number of nitrogens with one attached hydrogen (secondary N) is 1. The molecule has 7 heteroatoms. The van der Waals surface area contributed by atoms with Crippen molar-refractivity contribution in [3.63, 3.8) is 0 Å². The van der Waals surface area contributed by atoms with Crippen molar-refractivity contribution in [2.24, 2.45) is 5.10 Å². The number of hydrogen-bond donors (Lipinski definition) is 1. The third-order valence-corrected chi connectivity index (χ3v) is 3.38. The van der Waals surface area contributed by atoms with E-state index in [4.69, 9.17) is 5.26 Å². The molecule has 0 saturated heterocycles. The second-order valence-corrected chi connectivity index (χ2v) is 5.10. The fourth-order valence-corrected chi connectivity index (χ4v) is 2.00. The van der Waals surface area contributed by atoms with Crippen molar-refractivity contribution in [2.75, 3.05) is 23.9 Å². The van der Waals surface area contributed by atoms with E-state index in [1.807, 2.05) is 36.2 Å². The summed E-state index contributed by atoms with van der Waals surface area (Å²) in [7, 11) is 1.94. The number of nitro benzene ring substituents is 1. The van der Waals surface area contributed by atoms with Crippen molar-refractivity contribution in [1.82, 2.24) is 0 Å². The molecule has 0 spiro atoms. The van der Waals surface area contributed by atoms with Gasteiger partial charge in [-0.15, -0.1) is 0 Å².